The summed E-state index contributed by atoms with van der Waals surface area (Å²) >= 11 is 5.83. The van der Waals surface area contributed by atoms with Gasteiger partial charge in [-0.15, -0.1) is 0 Å². The summed E-state index contributed by atoms with van der Waals surface area (Å²) < 4.78 is 26.2. The third kappa shape index (κ3) is 3.52. The highest BCUT2D eigenvalue weighted by Gasteiger charge is 2.12. The summed E-state index contributed by atoms with van der Waals surface area (Å²) in [7, 11) is 1.79. The number of halogens is 3. The average molecular weight is 282 g/mol. The van der Waals surface area contributed by atoms with Crippen molar-refractivity contribution < 1.29 is 8.78 Å². The zero-order valence-electron chi connectivity index (χ0n) is 10.5. The molecular weight excluding hydrogens is 268 g/mol. The normalized spacial score (nSPS) is 12.4. The van der Waals surface area contributed by atoms with Crippen molar-refractivity contribution in [3.05, 3.63) is 70.2 Å². The zero-order valence-corrected chi connectivity index (χ0v) is 11.2. The van der Waals surface area contributed by atoms with Crippen LogP contribution in [0.15, 0.2) is 42.5 Å². The molecule has 0 aromatic heterocycles. The van der Waals surface area contributed by atoms with E-state index in [4.69, 9.17) is 11.6 Å². The summed E-state index contributed by atoms with van der Waals surface area (Å²) in [6.45, 7) is 0. The molecule has 0 saturated carbocycles. The molecule has 2 aromatic carbocycles. The average Bonchev–Trinajstić information content (AvgIpc) is 2.41. The van der Waals surface area contributed by atoms with Gasteiger partial charge < -0.3 is 5.32 Å². The van der Waals surface area contributed by atoms with Crippen molar-refractivity contribution >= 4 is 11.6 Å². The Balaban J connectivity index is 2.19. The molecule has 0 amide bonds. The van der Waals surface area contributed by atoms with Gasteiger partial charge in [0.05, 0.1) is 0 Å². The fraction of sp³-hybridized carbons (Fsp3) is 0.200. The van der Waals surface area contributed by atoms with E-state index in [0.717, 1.165) is 17.2 Å². The lowest BCUT2D eigenvalue weighted by molar-refractivity contribution is 0.501. The molecule has 0 aliphatic carbocycles. The predicted molar refractivity (Wildman–Crippen MR) is 73.3 cm³/mol. The van der Waals surface area contributed by atoms with E-state index >= 15 is 0 Å². The molecule has 2 aromatic rings. The van der Waals surface area contributed by atoms with E-state index in [1.807, 2.05) is 24.3 Å². The summed E-state index contributed by atoms with van der Waals surface area (Å²) in [4.78, 5) is 0. The van der Waals surface area contributed by atoms with Crippen molar-refractivity contribution in [3.8, 4) is 0 Å². The SMILES string of the molecule is CNC(Cc1ccc(Cl)cc1)c1ccc(F)c(F)c1. The van der Waals surface area contributed by atoms with Crippen molar-refractivity contribution in [2.24, 2.45) is 0 Å². The van der Waals surface area contributed by atoms with Crippen molar-refractivity contribution in [1.82, 2.24) is 5.32 Å². The third-order valence-corrected chi connectivity index (χ3v) is 3.30. The molecule has 19 heavy (non-hydrogen) atoms. The number of benzene rings is 2. The highest BCUT2D eigenvalue weighted by atomic mass is 35.5. The first-order valence-electron chi connectivity index (χ1n) is 5.97. The van der Waals surface area contributed by atoms with Gasteiger partial charge in [0.1, 0.15) is 0 Å². The fourth-order valence-electron chi connectivity index (χ4n) is 1.97. The molecule has 0 saturated heterocycles. The molecule has 0 bridgehead atoms. The third-order valence-electron chi connectivity index (χ3n) is 3.05. The lowest BCUT2D eigenvalue weighted by Crippen LogP contribution is -2.19. The Labute approximate surface area is 116 Å². The summed E-state index contributed by atoms with van der Waals surface area (Å²) in [5, 5.41) is 3.78. The molecule has 1 N–H and O–H groups in total. The maximum atomic E-state index is 13.2. The molecule has 0 aliphatic rings. The second kappa shape index (κ2) is 6.13. The van der Waals surface area contributed by atoms with E-state index in [2.05, 4.69) is 5.32 Å². The smallest absolute Gasteiger partial charge is 0.159 e. The van der Waals surface area contributed by atoms with Crippen LogP contribution in [-0.2, 0) is 6.42 Å². The van der Waals surface area contributed by atoms with Crippen molar-refractivity contribution in [2.45, 2.75) is 12.5 Å². The van der Waals surface area contributed by atoms with Gasteiger partial charge in [-0.3, -0.25) is 0 Å². The first-order valence-corrected chi connectivity index (χ1v) is 6.34. The maximum Gasteiger partial charge on any atom is 0.159 e. The van der Waals surface area contributed by atoms with Gasteiger partial charge in [0.15, 0.2) is 11.6 Å². The van der Waals surface area contributed by atoms with Crippen LogP contribution in [0.3, 0.4) is 0 Å². The van der Waals surface area contributed by atoms with Crippen LogP contribution in [0.2, 0.25) is 5.02 Å². The van der Waals surface area contributed by atoms with Gasteiger partial charge in [0, 0.05) is 11.1 Å². The van der Waals surface area contributed by atoms with Gasteiger partial charge >= 0.3 is 0 Å². The topological polar surface area (TPSA) is 12.0 Å². The summed E-state index contributed by atoms with van der Waals surface area (Å²) in [6, 6.07) is 11.4. The Kier molecular flexibility index (Phi) is 4.51. The van der Waals surface area contributed by atoms with Crippen LogP contribution < -0.4 is 5.32 Å². The van der Waals surface area contributed by atoms with E-state index in [1.54, 1.807) is 13.1 Å². The highest BCUT2D eigenvalue weighted by molar-refractivity contribution is 6.30. The minimum absolute atomic E-state index is 0.0729. The minimum atomic E-state index is -0.829. The Hall–Kier alpha value is -1.45. The maximum absolute atomic E-state index is 13.2. The first kappa shape index (κ1) is 14.0. The molecule has 2 rings (SSSR count). The number of likely N-dealkylation sites (N-methyl/N-ethyl adjacent to an activating group) is 1. The summed E-state index contributed by atoms with van der Waals surface area (Å²) in [5.74, 6) is -1.65. The molecule has 1 unspecified atom stereocenters. The van der Waals surface area contributed by atoms with Gasteiger partial charge in [0.25, 0.3) is 0 Å². The van der Waals surface area contributed by atoms with E-state index in [0.29, 0.717) is 11.4 Å². The predicted octanol–water partition coefficient (Wildman–Crippen LogP) is 4.12. The Bertz CT molecular complexity index is 555. The van der Waals surface area contributed by atoms with Crippen LogP contribution in [0.1, 0.15) is 17.2 Å². The summed E-state index contributed by atoms with van der Waals surface area (Å²) in [5.41, 5.74) is 1.80. The zero-order chi connectivity index (χ0) is 13.8. The van der Waals surface area contributed by atoms with Crippen LogP contribution in [-0.4, -0.2) is 7.05 Å². The number of hydrogen-bond acceptors (Lipinski definition) is 1. The van der Waals surface area contributed by atoms with Crippen LogP contribution in [0.5, 0.6) is 0 Å². The number of hydrogen-bond donors (Lipinski definition) is 1. The van der Waals surface area contributed by atoms with E-state index in [-0.39, 0.29) is 6.04 Å². The van der Waals surface area contributed by atoms with Gasteiger partial charge in [-0.05, 0) is 48.9 Å². The van der Waals surface area contributed by atoms with E-state index in [1.165, 1.54) is 6.07 Å². The second-order valence-electron chi connectivity index (χ2n) is 4.35. The van der Waals surface area contributed by atoms with Gasteiger partial charge in [-0.2, -0.15) is 0 Å². The number of nitrogens with one attached hydrogen (secondary N) is 1. The quantitative estimate of drug-likeness (QED) is 0.889. The molecule has 4 heteroatoms. The highest BCUT2D eigenvalue weighted by Crippen LogP contribution is 2.21. The van der Waals surface area contributed by atoms with Crippen LogP contribution in [0.25, 0.3) is 0 Å². The molecular formula is C15H14ClF2N. The van der Waals surface area contributed by atoms with Gasteiger partial charge in [0.2, 0.25) is 0 Å². The monoisotopic (exact) mass is 281 g/mol. The molecule has 0 aliphatic heterocycles. The molecule has 0 heterocycles. The summed E-state index contributed by atoms with van der Waals surface area (Å²) in [6.07, 6.45) is 0.679. The number of rotatable bonds is 4. The Morgan fingerprint density at radius 2 is 1.74 bits per heavy atom. The van der Waals surface area contributed by atoms with Crippen molar-refractivity contribution in [1.29, 1.82) is 0 Å². The minimum Gasteiger partial charge on any atom is -0.313 e. The van der Waals surface area contributed by atoms with Crippen LogP contribution in [0.4, 0.5) is 8.78 Å². The fourth-order valence-corrected chi connectivity index (χ4v) is 2.10. The van der Waals surface area contributed by atoms with Crippen LogP contribution in [0, 0.1) is 11.6 Å². The van der Waals surface area contributed by atoms with Gasteiger partial charge in [-0.25, -0.2) is 8.78 Å². The van der Waals surface area contributed by atoms with Gasteiger partial charge in [-0.1, -0.05) is 29.8 Å². The van der Waals surface area contributed by atoms with E-state index in [9.17, 15) is 8.78 Å². The largest absolute Gasteiger partial charge is 0.313 e. The molecule has 0 spiro atoms. The Morgan fingerprint density at radius 1 is 1.05 bits per heavy atom. The lowest BCUT2D eigenvalue weighted by Gasteiger charge is -2.17. The molecule has 1 nitrogen and oxygen atoms in total. The van der Waals surface area contributed by atoms with Crippen molar-refractivity contribution in [2.75, 3.05) is 7.05 Å². The Morgan fingerprint density at radius 3 is 2.32 bits per heavy atom. The molecule has 0 radical (unpaired) electrons. The van der Waals surface area contributed by atoms with E-state index < -0.39 is 11.6 Å². The first-order chi connectivity index (χ1) is 9.10. The molecule has 100 valence electrons. The molecule has 0 fully saturated rings. The standard InChI is InChI=1S/C15H14ClF2N/c1-19-15(8-10-2-5-12(16)6-3-10)11-4-7-13(17)14(18)9-11/h2-7,9,15,19H,8H2,1H3. The van der Waals surface area contributed by atoms with Crippen molar-refractivity contribution in [3.63, 3.8) is 0 Å². The van der Waals surface area contributed by atoms with Crippen LogP contribution >= 0.6 is 11.6 Å². The lowest BCUT2D eigenvalue weighted by atomic mass is 9.99. The molecule has 1 atom stereocenters. The second-order valence-corrected chi connectivity index (χ2v) is 4.78.